The van der Waals surface area contributed by atoms with Crippen LogP contribution in [0, 0.1) is 10.1 Å². The zero-order valence-corrected chi connectivity index (χ0v) is 12.5. The molecular formula is C18H15NO4. The second-order valence-corrected chi connectivity index (χ2v) is 4.66. The molecule has 0 saturated carbocycles. The summed E-state index contributed by atoms with van der Waals surface area (Å²) in [7, 11) is 1.57. The summed E-state index contributed by atoms with van der Waals surface area (Å²) in [4.78, 5) is 22.0. The Morgan fingerprint density at radius 2 is 1.70 bits per heavy atom. The highest BCUT2D eigenvalue weighted by Gasteiger charge is 2.02. The molecule has 0 aliphatic rings. The number of nitrogens with zero attached hydrogens (tertiary/aromatic N) is 1. The minimum Gasteiger partial charge on any atom is -0.497 e. The van der Waals surface area contributed by atoms with E-state index in [1.165, 1.54) is 18.2 Å². The summed E-state index contributed by atoms with van der Waals surface area (Å²) in [6.45, 7) is 0. The van der Waals surface area contributed by atoms with Crippen LogP contribution in [0.4, 0.5) is 5.69 Å². The number of ketones is 1. The molecule has 0 aromatic heterocycles. The molecule has 2 aromatic carbocycles. The maximum absolute atomic E-state index is 11.9. The van der Waals surface area contributed by atoms with E-state index >= 15 is 0 Å². The normalized spacial score (nSPS) is 11.0. The lowest BCUT2D eigenvalue weighted by atomic mass is 10.1. The number of carbonyl (C=O) groups is 1. The molecule has 2 rings (SSSR count). The van der Waals surface area contributed by atoms with Crippen molar-refractivity contribution in [2.75, 3.05) is 7.11 Å². The van der Waals surface area contributed by atoms with Crippen molar-refractivity contribution in [3.63, 3.8) is 0 Å². The van der Waals surface area contributed by atoms with E-state index in [9.17, 15) is 14.9 Å². The number of hydrogen-bond acceptors (Lipinski definition) is 4. The van der Waals surface area contributed by atoms with Gasteiger partial charge in [0.05, 0.1) is 12.0 Å². The molecule has 5 nitrogen and oxygen atoms in total. The van der Waals surface area contributed by atoms with Crippen molar-refractivity contribution in [2.24, 2.45) is 0 Å². The van der Waals surface area contributed by atoms with Gasteiger partial charge in [-0.15, -0.1) is 0 Å². The maximum Gasteiger partial charge on any atom is 0.269 e. The van der Waals surface area contributed by atoms with Crippen LogP contribution in [0.1, 0.15) is 15.9 Å². The van der Waals surface area contributed by atoms with E-state index in [1.807, 2.05) is 0 Å². The maximum atomic E-state index is 11.9. The predicted octanol–water partition coefficient (Wildman–Crippen LogP) is 4.06. The fourth-order valence-electron chi connectivity index (χ4n) is 1.87. The van der Waals surface area contributed by atoms with Crippen LogP contribution < -0.4 is 4.74 Å². The monoisotopic (exact) mass is 309 g/mol. The van der Waals surface area contributed by atoms with E-state index in [0.717, 1.165) is 5.56 Å². The smallest absolute Gasteiger partial charge is 0.269 e. The van der Waals surface area contributed by atoms with Crippen molar-refractivity contribution in [2.45, 2.75) is 0 Å². The van der Waals surface area contributed by atoms with Crippen LogP contribution in [0.25, 0.3) is 6.08 Å². The Bertz CT molecular complexity index is 744. The second kappa shape index (κ2) is 7.70. The number of rotatable bonds is 6. The molecule has 23 heavy (non-hydrogen) atoms. The topological polar surface area (TPSA) is 69.4 Å². The van der Waals surface area contributed by atoms with E-state index in [0.29, 0.717) is 11.3 Å². The molecule has 2 aromatic rings. The molecule has 0 aliphatic heterocycles. The van der Waals surface area contributed by atoms with E-state index < -0.39 is 4.92 Å². The lowest BCUT2D eigenvalue weighted by Gasteiger charge is -1.99. The third-order valence-electron chi connectivity index (χ3n) is 3.13. The summed E-state index contributed by atoms with van der Waals surface area (Å²) in [6.07, 6.45) is 6.57. The van der Waals surface area contributed by atoms with Crippen LogP contribution in [-0.4, -0.2) is 17.8 Å². The van der Waals surface area contributed by atoms with Crippen LogP contribution in [0.2, 0.25) is 0 Å². The molecule has 0 spiro atoms. The van der Waals surface area contributed by atoms with E-state index in [2.05, 4.69) is 0 Å². The molecule has 116 valence electrons. The fourth-order valence-corrected chi connectivity index (χ4v) is 1.87. The van der Waals surface area contributed by atoms with Crippen LogP contribution in [0.15, 0.2) is 66.8 Å². The molecule has 0 heterocycles. The first-order chi connectivity index (χ1) is 11.1. The summed E-state index contributed by atoms with van der Waals surface area (Å²) >= 11 is 0. The summed E-state index contributed by atoms with van der Waals surface area (Å²) in [5, 5.41) is 10.6. The van der Waals surface area contributed by atoms with Gasteiger partial charge in [0.2, 0.25) is 0 Å². The third-order valence-corrected chi connectivity index (χ3v) is 3.13. The van der Waals surface area contributed by atoms with Crippen molar-refractivity contribution >= 4 is 17.5 Å². The van der Waals surface area contributed by atoms with Crippen LogP contribution in [-0.2, 0) is 0 Å². The number of allylic oxidation sites excluding steroid dienone is 3. The molecular weight excluding hydrogens is 294 g/mol. The number of carbonyl (C=O) groups excluding carboxylic acids is 1. The van der Waals surface area contributed by atoms with Gasteiger partial charge in [-0.2, -0.15) is 0 Å². The van der Waals surface area contributed by atoms with Crippen molar-refractivity contribution in [1.82, 2.24) is 0 Å². The van der Waals surface area contributed by atoms with Crippen molar-refractivity contribution in [3.8, 4) is 5.75 Å². The molecule has 0 aliphatic carbocycles. The summed E-state index contributed by atoms with van der Waals surface area (Å²) in [6, 6.07) is 13.0. The lowest BCUT2D eigenvalue weighted by molar-refractivity contribution is -0.384. The van der Waals surface area contributed by atoms with Crippen molar-refractivity contribution in [1.29, 1.82) is 0 Å². The minimum atomic E-state index is -0.444. The molecule has 0 saturated heterocycles. The Morgan fingerprint density at radius 1 is 1.04 bits per heavy atom. The van der Waals surface area contributed by atoms with E-state index in [-0.39, 0.29) is 11.5 Å². The first-order valence-electron chi connectivity index (χ1n) is 6.88. The van der Waals surface area contributed by atoms with Crippen LogP contribution >= 0.6 is 0 Å². The zero-order chi connectivity index (χ0) is 16.7. The Hall–Kier alpha value is -3.21. The van der Waals surface area contributed by atoms with Gasteiger partial charge in [0.1, 0.15) is 5.75 Å². The number of non-ortho nitro benzene ring substituents is 1. The summed E-state index contributed by atoms with van der Waals surface area (Å²) < 4.78 is 5.04. The average Bonchev–Trinajstić information content (AvgIpc) is 2.59. The number of methoxy groups -OCH3 is 1. The van der Waals surface area contributed by atoms with Gasteiger partial charge < -0.3 is 4.74 Å². The quantitative estimate of drug-likeness (QED) is 0.265. The largest absolute Gasteiger partial charge is 0.497 e. The zero-order valence-electron chi connectivity index (χ0n) is 12.5. The van der Waals surface area contributed by atoms with Gasteiger partial charge in [-0.1, -0.05) is 18.2 Å². The van der Waals surface area contributed by atoms with Gasteiger partial charge >= 0.3 is 0 Å². The van der Waals surface area contributed by atoms with E-state index in [1.54, 1.807) is 61.7 Å². The van der Waals surface area contributed by atoms with Gasteiger partial charge in [-0.05, 0) is 48.0 Å². The molecule has 0 amide bonds. The SMILES string of the molecule is COc1ccc(C(=O)C=CC=Cc2ccc([N+](=O)[O-])cc2)cc1. The Morgan fingerprint density at radius 3 is 2.26 bits per heavy atom. The van der Waals surface area contributed by atoms with Crippen LogP contribution in [0.3, 0.4) is 0 Å². The number of nitro benzene ring substituents is 1. The first kappa shape index (κ1) is 16.2. The third kappa shape index (κ3) is 4.64. The highest BCUT2D eigenvalue weighted by molar-refractivity contribution is 6.04. The molecule has 0 atom stereocenters. The minimum absolute atomic E-state index is 0.0485. The standard InChI is InChI=1S/C18H15NO4/c1-23-17-12-8-15(9-13-17)18(20)5-3-2-4-14-6-10-16(11-7-14)19(21)22/h2-13H,1H3. The van der Waals surface area contributed by atoms with Gasteiger partial charge in [-0.3, -0.25) is 14.9 Å². The molecule has 0 unspecified atom stereocenters. The fraction of sp³-hybridized carbons (Fsp3) is 0.0556. The highest BCUT2D eigenvalue weighted by Crippen LogP contribution is 2.13. The number of ether oxygens (including phenoxy) is 1. The molecule has 5 heteroatoms. The summed E-state index contributed by atoms with van der Waals surface area (Å²) in [5.74, 6) is 0.588. The molecule has 0 fully saturated rings. The average molecular weight is 309 g/mol. The Kier molecular flexibility index (Phi) is 5.41. The lowest BCUT2D eigenvalue weighted by Crippen LogP contribution is -1.93. The van der Waals surface area contributed by atoms with Gasteiger partial charge in [0.15, 0.2) is 5.78 Å². The molecule has 0 N–H and O–H groups in total. The Balaban J connectivity index is 1.96. The van der Waals surface area contributed by atoms with Crippen molar-refractivity contribution < 1.29 is 14.5 Å². The molecule has 0 radical (unpaired) electrons. The van der Waals surface area contributed by atoms with Crippen molar-refractivity contribution in [3.05, 3.63) is 88.0 Å². The van der Waals surface area contributed by atoms with Gasteiger partial charge in [0.25, 0.3) is 5.69 Å². The number of hydrogen-bond donors (Lipinski definition) is 0. The number of benzene rings is 2. The highest BCUT2D eigenvalue weighted by atomic mass is 16.6. The predicted molar refractivity (Wildman–Crippen MR) is 88.6 cm³/mol. The number of nitro groups is 1. The van der Waals surface area contributed by atoms with Gasteiger partial charge in [0, 0.05) is 17.7 Å². The molecule has 0 bridgehead atoms. The Labute approximate surface area is 133 Å². The first-order valence-corrected chi connectivity index (χ1v) is 6.88. The van der Waals surface area contributed by atoms with Gasteiger partial charge in [-0.25, -0.2) is 0 Å². The van der Waals surface area contributed by atoms with Crippen LogP contribution in [0.5, 0.6) is 5.75 Å². The second-order valence-electron chi connectivity index (χ2n) is 4.66. The van der Waals surface area contributed by atoms with E-state index in [4.69, 9.17) is 4.74 Å². The summed E-state index contributed by atoms with van der Waals surface area (Å²) in [5.41, 5.74) is 1.44.